The second-order valence-corrected chi connectivity index (χ2v) is 5.41. The molecule has 0 fully saturated rings. The molecule has 0 amide bonds. The lowest BCUT2D eigenvalue weighted by molar-refractivity contribution is 1.34. The smallest absolute Gasteiger partial charge is 0.0752 e. The summed E-state index contributed by atoms with van der Waals surface area (Å²) >= 11 is 6.03. The number of benzene rings is 2. The van der Waals surface area contributed by atoms with E-state index in [9.17, 15) is 0 Å². The first-order valence-electron chi connectivity index (χ1n) is 6.52. The van der Waals surface area contributed by atoms with Crippen molar-refractivity contribution in [3.8, 4) is 0 Å². The van der Waals surface area contributed by atoms with E-state index >= 15 is 0 Å². The van der Waals surface area contributed by atoms with Gasteiger partial charge in [0.15, 0.2) is 0 Å². The fourth-order valence-electron chi connectivity index (χ4n) is 2.44. The Bertz CT molecular complexity index is 781. The van der Waals surface area contributed by atoms with Crippen molar-refractivity contribution in [3.05, 3.63) is 64.8 Å². The van der Waals surface area contributed by atoms with Crippen LogP contribution in [0.15, 0.2) is 48.7 Å². The number of pyridine rings is 1. The SMILES string of the molecule is Cc1cc(C)c2nccc(Nc3cccc(Cl)c3)c2c1. The predicted molar refractivity (Wildman–Crippen MR) is 86.0 cm³/mol. The highest BCUT2D eigenvalue weighted by molar-refractivity contribution is 6.30. The molecular weight excluding hydrogens is 268 g/mol. The maximum atomic E-state index is 6.03. The largest absolute Gasteiger partial charge is 0.355 e. The van der Waals surface area contributed by atoms with Gasteiger partial charge in [-0.15, -0.1) is 0 Å². The van der Waals surface area contributed by atoms with E-state index in [4.69, 9.17) is 11.6 Å². The van der Waals surface area contributed by atoms with Gasteiger partial charge in [0, 0.05) is 28.0 Å². The average Bonchev–Trinajstić information content (AvgIpc) is 2.40. The Kier molecular flexibility index (Phi) is 3.33. The molecule has 1 aromatic heterocycles. The number of hydrogen-bond donors (Lipinski definition) is 1. The number of anilines is 2. The highest BCUT2D eigenvalue weighted by Crippen LogP contribution is 2.28. The summed E-state index contributed by atoms with van der Waals surface area (Å²) in [7, 11) is 0. The molecule has 0 atom stereocenters. The molecule has 100 valence electrons. The third kappa shape index (κ3) is 2.47. The highest BCUT2D eigenvalue weighted by atomic mass is 35.5. The van der Waals surface area contributed by atoms with E-state index in [0.29, 0.717) is 0 Å². The van der Waals surface area contributed by atoms with Gasteiger partial charge in [-0.2, -0.15) is 0 Å². The fourth-order valence-corrected chi connectivity index (χ4v) is 2.63. The molecule has 1 N–H and O–H groups in total. The van der Waals surface area contributed by atoms with E-state index in [2.05, 4.69) is 36.3 Å². The lowest BCUT2D eigenvalue weighted by Crippen LogP contribution is -1.94. The van der Waals surface area contributed by atoms with Crippen LogP contribution in [0.25, 0.3) is 10.9 Å². The van der Waals surface area contributed by atoms with Gasteiger partial charge in [-0.1, -0.05) is 29.3 Å². The van der Waals surface area contributed by atoms with Gasteiger partial charge in [0.25, 0.3) is 0 Å². The summed E-state index contributed by atoms with van der Waals surface area (Å²) in [6, 6.07) is 14.0. The van der Waals surface area contributed by atoms with E-state index in [0.717, 1.165) is 27.3 Å². The molecule has 0 radical (unpaired) electrons. The number of hydrogen-bond acceptors (Lipinski definition) is 2. The minimum Gasteiger partial charge on any atom is -0.355 e. The van der Waals surface area contributed by atoms with Gasteiger partial charge >= 0.3 is 0 Å². The molecule has 1 heterocycles. The molecule has 0 saturated carbocycles. The number of fused-ring (bicyclic) bond motifs is 1. The second kappa shape index (κ2) is 5.14. The van der Waals surface area contributed by atoms with Gasteiger partial charge in [0.1, 0.15) is 0 Å². The Labute approximate surface area is 123 Å². The fraction of sp³-hybridized carbons (Fsp3) is 0.118. The third-order valence-corrected chi connectivity index (χ3v) is 3.52. The number of aryl methyl sites for hydroxylation is 2. The van der Waals surface area contributed by atoms with Gasteiger partial charge in [-0.05, 0) is 49.7 Å². The summed E-state index contributed by atoms with van der Waals surface area (Å²) in [4.78, 5) is 4.48. The van der Waals surface area contributed by atoms with Crippen molar-refractivity contribution in [2.45, 2.75) is 13.8 Å². The molecular formula is C17H15ClN2. The monoisotopic (exact) mass is 282 g/mol. The first-order valence-corrected chi connectivity index (χ1v) is 6.90. The Morgan fingerprint density at radius 1 is 1.05 bits per heavy atom. The van der Waals surface area contributed by atoms with Crippen LogP contribution in [0.3, 0.4) is 0 Å². The summed E-state index contributed by atoms with van der Waals surface area (Å²) in [5.74, 6) is 0. The van der Waals surface area contributed by atoms with Crippen molar-refractivity contribution >= 4 is 33.9 Å². The number of nitrogens with zero attached hydrogens (tertiary/aromatic N) is 1. The number of nitrogens with one attached hydrogen (secondary N) is 1. The second-order valence-electron chi connectivity index (χ2n) is 4.97. The Balaban J connectivity index is 2.12. The van der Waals surface area contributed by atoms with E-state index in [1.54, 1.807) is 0 Å². The zero-order valence-electron chi connectivity index (χ0n) is 11.4. The van der Waals surface area contributed by atoms with Crippen LogP contribution in [-0.2, 0) is 0 Å². The van der Waals surface area contributed by atoms with Crippen LogP contribution in [0.4, 0.5) is 11.4 Å². The molecule has 0 saturated heterocycles. The van der Waals surface area contributed by atoms with Crippen molar-refractivity contribution in [3.63, 3.8) is 0 Å². The highest BCUT2D eigenvalue weighted by Gasteiger charge is 2.06. The number of rotatable bonds is 2. The first kappa shape index (κ1) is 12.9. The maximum Gasteiger partial charge on any atom is 0.0752 e. The van der Waals surface area contributed by atoms with E-state index in [1.165, 1.54) is 11.1 Å². The molecule has 3 heteroatoms. The average molecular weight is 283 g/mol. The lowest BCUT2D eigenvalue weighted by atomic mass is 10.1. The Hall–Kier alpha value is -2.06. The zero-order valence-corrected chi connectivity index (χ0v) is 12.2. The van der Waals surface area contributed by atoms with Crippen LogP contribution >= 0.6 is 11.6 Å². The molecule has 0 bridgehead atoms. The minimum atomic E-state index is 0.723. The Morgan fingerprint density at radius 2 is 1.90 bits per heavy atom. The van der Waals surface area contributed by atoms with Crippen LogP contribution in [-0.4, -0.2) is 4.98 Å². The number of aromatic nitrogens is 1. The summed E-state index contributed by atoms with van der Waals surface area (Å²) in [6.45, 7) is 4.19. The van der Waals surface area contributed by atoms with Crippen LogP contribution in [0.1, 0.15) is 11.1 Å². The molecule has 0 spiro atoms. The number of halogens is 1. The molecule has 0 unspecified atom stereocenters. The summed E-state index contributed by atoms with van der Waals surface area (Å²) in [5.41, 5.74) is 5.47. The van der Waals surface area contributed by atoms with Crippen LogP contribution < -0.4 is 5.32 Å². The molecule has 2 aromatic carbocycles. The molecule has 0 aliphatic carbocycles. The van der Waals surface area contributed by atoms with Crippen LogP contribution in [0.2, 0.25) is 5.02 Å². The van der Waals surface area contributed by atoms with Gasteiger partial charge in [-0.3, -0.25) is 4.98 Å². The lowest BCUT2D eigenvalue weighted by Gasteiger charge is -2.11. The van der Waals surface area contributed by atoms with Crippen molar-refractivity contribution in [2.24, 2.45) is 0 Å². The van der Waals surface area contributed by atoms with Crippen molar-refractivity contribution in [1.29, 1.82) is 0 Å². The van der Waals surface area contributed by atoms with Crippen molar-refractivity contribution in [2.75, 3.05) is 5.32 Å². The molecule has 3 aromatic rings. The summed E-state index contributed by atoms with van der Waals surface area (Å²) < 4.78 is 0. The normalized spacial score (nSPS) is 10.8. The van der Waals surface area contributed by atoms with Crippen LogP contribution in [0, 0.1) is 13.8 Å². The van der Waals surface area contributed by atoms with Gasteiger partial charge < -0.3 is 5.32 Å². The van der Waals surface area contributed by atoms with E-state index < -0.39 is 0 Å². The van der Waals surface area contributed by atoms with Crippen LogP contribution in [0.5, 0.6) is 0 Å². The van der Waals surface area contributed by atoms with E-state index in [-0.39, 0.29) is 0 Å². The van der Waals surface area contributed by atoms with E-state index in [1.807, 2.05) is 36.5 Å². The molecule has 0 aliphatic heterocycles. The third-order valence-electron chi connectivity index (χ3n) is 3.28. The first-order chi connectivity index (χ1) is 9.63. The molecule has 2 nitrogen and oxygen atoms in total. The molecule has 0 aliphatic rings. The Morgan fingerprint density at radius 3 is 2.70 bits per heavy atom. The topological polar surface area (TPSA) is 24.9 Å². The maximum absolute atomic E-state index is 6.03. The standard InChI is InChI=1S/C17H15ClN2/c1-11-8-12(2)17-15(9-11)16(6-7-19-17)20-14-5-3-4-13(18)10-14/h3-10H,1-2H3,(H,19,20). The van der Waals surface area contributed by atoms with Crippen molar-refractivity contribution < 1.29 is 0 Å². The quantitative estimate of drug-likeness (QED) is 0.694. The predicted octanol–water partition coefficient (Wildman–Crippen LogP) is 5.25. The van der Waals surface area contributed by atoms with Crippen molar-refractivity contribution in [1.82, 2.24) is 4.98 Å². The van der Waals surface area contributed by atoms with Gasteiger partial charge in [0.05, 0.1) is 5.52 Å². The molecule has 20 heavy (non-hydrogen) atoms. The summed E-state index contributed by atoms with van der Waals surface area (Å²) in [6.07, 6.45) is 1.83. The summed E-state index contributed by atoms with van der Waals surface area (Å²) in [5, 5.41) is 5.27. The minimum absolute atomic E-state index is 0.723. The van der Waals surface area contributed by atoms with Gasteiger partial charge in [0.2, 0.25) is 0 Å². The van der Waals surface area contributed by atoms with Gasteiger partial charge in [-0.25, -0.2) is 0 Å². The molecule has 3 rings (SSSR count). The zero-order chi connectivity index (χ0) is 14.1.